The number of nitrogens with one attached hydrogen (secondary N) is 2. The first-order valence-electron chi connectivity index (χ1n) is 10.6. The average molecular weight is 636 g/mol. The summed E-state index contributed by atoms with van der Waals surface area (Å²) in [4.78, 5) is 25.0. The van der Waals surface area contributed by atoms with Crippen molar-refractivity contribution in [1.29, 1.82) is 5.26 Å². The quantitative estimate of drug-likeness (QED) is 0.158. The van der Waals surface area contributed by atoms with Crippen LogP contribution >= 0.6 is 45.8 Å². The van der Waals surface area contributed by atoms with Gasteiger partial charge in [-0.2, -0.15) is 5.26 Å². The van der Waals surface area contributed by atoms with Crippen molar-refractivity contribution in [2.45, 2.75) is 6.92 Å². The molecule has 0 unspecified atom stereocenters. The number of rotatable bonds is 9. The molecule has 0 saturated heterocycles. The van der Waals surface area contributed by atoms with Gasteiger partial charge < -0.3 is 20.1 Å². The van der Waals surface area contributed by atoms with Crippen LogP contribution in [0.25, 0.3) is 6.08 Å². The maximum atomic E-state index is 12.6. The Balaban J connectivity index is 1.76. The fourth-order valence-electron chi connectivity index (χ4n) is 3.02. The van der Waals surface area contributed by atoms with Crippen LogP contribution in [0.3, 0.4) is 0 Å². The molecule has 3 rings (SSSR count). The summed E-state index contributed by atoms with van der Waals surface area (Å²) in [6.45, 7) is 1.90. The Bertz CT molecular complexity index is 1340. The first-order chi connectivity index (χ1) is 17.3. The second-order valence-corrected chi connectivity index (χ2v) is 9.28. The largest absolute Gasteiger partial charge is 0.490 e. The summed E-state index contributed by atoms with van der Waals surface area (Å²) < 4.78 is 12.1. The fraction of sp³-hybridized carbons (Fsp3) is 0.115. The zero-order chi connectivity index (χ0) is 26.1. The van der Waals surface area contributed by atoms with Gasteiger partial charge in [0.2, 0.25) is 0 Å². The van der Waals surface area contributed by atoms with Crippen LogP contribution < -0.4 is 20.1 Å². The van der Waals surface area contributed by atoms with Gasteiger partial charge in [-0.3, -0.25) is 9.59 Å². The third-order valence-corrected chi connectivity index (χ3v) is 5.85. The molecule has 3 aromatic rings. The molecule has 2 N–H and O–H groups in total. The molecule has 10 heteroatoms. The highest BCUT2D eigenvalue weighted by molar-refractivity contribution is 14.1. The van der Waals surface area contributed by atoms with Crippen molar-refractivity contribution < 1.29 is 19.1 Å². The first kappa shape index (κ1) is 27.3. The molecule has 0 atom stereocenters. The van der Waals surface area contributed by atoms with Gasteiger partial charge in [-0.05, 0) is 95.8 Å². The summed E-state index contributed by atoms with van der Waals surface area (Å²) in [5, 5.41) is 16.0. The SMILES string of the molecule is CCOc1cc(/C=C(\C#N)C(=O)Nc2cccc(Cl)c2)cc(I)c1OCC(=O)Nc1ccc(Cl)cc1. The van der Waals surface area contributed by atoms with Gasteiger partial charge in [-0.25, -0.2) is 0 Å². The van der Waals surface area contributed by atoms with E-state index in [2.05, 4.69) is 10.6 Å². The van der Waals surface area contributed by atoms with Crippen molar-refractivity contribution in [3.8, 4) is 17.6 Å². The van der Waals surface area contributed by atoms with Crippen LogP contribution in [0.2, 0.25) is 10.0 Å². The molecule has 0 aromatic heterocycles. The molecule has 0 heterocycles. The number of hydrogen-bond donors (Lipinski definition) is 2. The lowest BCUT2D eigenvalue weighted by molar-refractivity contribution is -0.118. The Morgan fingerprint density at radius 1 is 1.00 bits per heavy atom. The Labute approximate surface area is 232 Å². The number of ether oxygens (including phenoxy) is 2. The van der Waals surface area contributed by atoms with E-state index in [1.54, 1.807) is 60.7 Å². The van der Waals surface area contributed by atoms with Gasteiger partial charge in [0.1, 0.15) is 11.6 Å². The molecule has 7 nitrogen and oxygen atoms in total. The molecule has 2 amide bonds. The Hall–Kier alpha value is -3.26. The number of carbonyl (C=O) groups excluding carboxylic acids is 2. The molecular formula is C26H20Cl2IN3O4. The van der Waals surface area contributed by atoms with E-state index in [9.17, 15) is 14.9 Å². The molecule has 0 aliphatic carbocycles. The lowest BCUT2D eigenvalue weighted by atomic mass is 10.1. The van der Waals surface area contributed by atoms with Gasteiger partial charge >= 0.3 is 0 Å². The Morgan fingerprint density at radius 3 is 2.42 bits per heavy atom. The number of benzene rings is 3. The monoisotopic (exact) mass is 635 g/mol. The van der Waals surface area contributed by atoms with Gasteiger partial charge in [0.25, 0.3) is 11.8 Å². The van der Waals surface area contributed by atoms with Gasteiger partial charge in [-0.15, -0.1) is 0 Å². The molecule has 3 aromatic carbocycles. The summed E-state index contributed by atoms with van der Waals surface area (Å²) in [5.74, 6) is -0.179. The molecule has 0 bridgehead atoms. The summed E-state index contributed by atoms with van der Waals surface area (Å²) in [5.41, 5.74) is 1.51. The predicted molar refractivity (Wildman–Crippen MR) is 150 cm³/mol. The number of amides is 2. The molecule has 0 spiro atoms. The number of hydrogen-bond acceptors (Lipinski definition) is 5. The molecule has 0 radical (unpaired) electrons. The normalized spacial score (nSPS) is 10.8. The number of carbonyl (C=O) groups is 2. The van der Waals surface area contributed by atoms with Gasteiger partial charge in [0.15, 0.2) is 18.1 Å². The van der Waals surface area contributed by atoms with Crippen LogP contribution in [-0.2, 0) is 9.59 Å². The molecular weight excluding hydrogens is 616 g/mol. The van der Waals surface area contributed by atoms with Gasteiger partial charge in [0, 0.05) is 21.4 Å². The number of anilines is 2. The third-order valence-electron chi connectivity index (χ3n) is 4.57. The Morgan fingerprint density at radius 2 is 1.75 bits per heavy atom. The van der Waals surface area contributed by atoms with E-state index in [0.29, 0.717) is 48.7 Å². The Kier molecular flexibility index (Phi) is 9.99. The fourth-order valence-corrected chi connectivity index (χ4v) is 4.12. The highest BCUT2D eigenvalue weighted by atomic mass is 127. The van der Waals surface area contributed by atoms with E-state index in [1.807, 2.05) is 35.6 Å². The van der Waals surface area contributed by atoms with Crippen molar-refractivity contribution in [1.82, 2.24) is 0 Å². The van der Waals surface area contributed by atoms with E-state index < -0.39 is 5.91 Å². The average Bonchev–Trinajstić information content (AvgIpc) is 2.83. The second kappa shape index (κ2) is 13.2. The van der Waals surface area contributed by atoms with E-state index in [4.69, 9.17) is 32.7 Å². The first-order valence-corrected chi connectivity index (χ1v) is 12.5. The topological polar surface area (TPSA) is 100 Å². The molecule has 0 saturated carbocycles. The minimum absolute atomic E-state index is 0.107. The maximum Gasteiger partial charge on any atom is 0.266 e. The summed E-state index contributed by atoms with van der Waals surface area (Å²) in [6, 6.07) is 18.6. The lowest BCUT2D eigenvalue weighted by Crippen LogP contribution is -2.20. The van der Waals surface area contributed by atoms with E-state index in [-0.39, 0.29) is 18.1 Å². The van der Waals surface area contributed by atoms with Gasteiger partial charge in [-0.1, -0.05) is 29.3 Å². The van der Waals surface area contributed by atoms with E-state index in [1.165, 1.54) is 6.08 Å². The van der Waals surface area contributed by atoms with Crippen LogP contribution in [0.5, 0.6) is 11.5 Å². The van der Waals surface area contributed by atoms with Crippen LogP contribution in [0.1, 0.15) is 12.5 Å². The van der Waals surface area contributed by atoms with Crippen LogP contribution in [-0.4, -0.2) is 25.0 Å². The molecule has 0 aliphatic rings. The van der Waals surface area contributed by atoms with Crippen molar-refractivity contribution in [2.75, 3.05) is 23.8 Å². The number of halogens is 3. The van der Waals surface area contributed by atoms with Crippen LogP contribution in [0.15, 0.2) is 66.2 Å². The maximum absolute atomic E-state index is 12.6. The minimum atomic E-state index is -0.577. The zero-order valence-corrected chi connectivity index (χ0v) is 22.6. The van der Waals surface area contributed by atoms with Crippen LogP contribution in [0.4, 0.5) is 11.4 Å². The standard InChI is InChI=1S/C26H20Cl2IN3O4/c1-2-35-23-12-16(10-17(14-30)26(34)32-21-5-3-4-19(28)13-21)11-22(29)25(23)36-15-24(33)31-20-8-6-18(27)7-9-20/h3-13H,2,15H2,1H3,(H,31,33)(H,32,34)/b17-10+. The summed E-state index contributed by atoms with van der Waals surface area (Å²) in [6.07, 6.45) is 1.45. The van der Waals surface area contributed by atoms with Crippen molar-refractivity contribution in [3.63, 3.8) is 0 Å². The summed E-state index contributed by atoms with van der Waals surface area (Å²) >= 11 is 13.9. The van der Waals surface area contributed by atoms with Crippen molar-refractivity contribution in [3.05, 3.63) is 85.4 Å². The minimum Gasteiger partial charge on any atom is -0.490 e. The molecule has 0 fully saturated rings. The molecule has 36 heavy (non-hydrogen) atoms. The van der Waals surface area contributed by atoms with Crippen LogP contribution in [0, 0.1) is 14.9 Å². The predicted octanol–water partition coefficient (Wildman–Crippen LogP) is 6.56. The zero-order valence-electron chi connectivity index (χ0n) is 19.0. The number of nitriles is 1. The molecule has 184 valence electrons. The molecule has 0 aliphatic heterocycles. The smallest absolute Gasteiger partial charge is 0.266 e. The number of nitrogens with zero attached hydrogens (tertiary/aromatic N) is 1. The van der Waals surface area contributed by atoms with Gasteiger partial charge in [0.05, 0.1) is 10.2 Å². The van der Waals surface area contributed by atoms with E-state index >= 15 is 0 Å². The third kappa shape index (κ3) is 7.88. The second-order valence-electron chi connectivity index (χ2n) is 7.24. The van der Waals surface area contributed by atoms with E-state index in [0.717, 1.165) is 0 Å². The summed E-state index contributed by atoms with van der Waals surface area (Å²) in [7, 11) is 0. The van der Waals surface area contributed by atoms with Crippen molar-refractivity contribution >= 4 is 75.1 Å². The van der Waals surface area contributed by atoms with Crippen molar-refractivity contribution in [2.24, 2.45) is 0 Å². The lowest BCUT2D eigenvalue weighted by Gasteiger charge is -2.15. The highest BCUT2D eigenvalue weighted by Crippen LogP contribution is 2.35. The highest BCUT2D eigenvalue weighted by Gasteiger charge is 2.16.